The van der Waals surface area contributed by atoms with E-state index in [0.717, 1.165) is 28.7 Å². The number of rotatable bonds is 8. The van der Waals surface area contributed by atoms with E-state index in [0.29, 0.717) is 24.1 Å². The van der Waals surface area contributed by atoms with Crippen LogP contribution in [-0.4, -0.2) is 42.5 Å². The van der Waals surface area contributed by atoms with Gasteiger partial charge in [0.25, 0.3) is 11.8 Å². The number of anilines is 1. The molecule has 0 spiro atoms. The number of hydrogen-bond donors (Lipinski definition) is 2. The lowest BCUT2D eigenvalue weighted by molar-refractivity contribution is -0.148. The van der Waals surface area contributed by atoms with Crippen LogP contribution in [0, 0.1) is 0 Å². The van der Waals surface area contributed by atoms with Crippen molar-refractivity contribution >= 4 is 58.2 Å². The summed E-state index contributed by atoms with van der Waals surface area (Å²) in [5.41, 5.74) is 3.66. The highest BCUT2D eigenvalue weighted by Gasteiger charge is 2.27. The van der Waals surface area contributed by atoms with E-state index in [1.54, 1.807) is 54.6 Å². The Labute approximate surface area is 266 Å². The molecule has 1 aliphatic carbocycles. The zero-order valence-corrected chi connectivity index (χ0v) is 26.5. The number of amides is 2. The molecule has 0 bridgehead atoms. The van der Waals surface area contributed by atoms with Crippen molar-refractivity contribution in [2.24, 2.45) is 0 Å². The fourth-order valence-corrected chi connectivity index (χ4v) is 5.59. The van der Waals surface area contributed by atoms with E-state index in [1.807, 2.05) is 26.8 Å². The lowest BCUT2D eigenvalue weighted by Crippen LogP contribution is -2.43. The highest BCUT2D eigenvalue weighted by molar-refractivity contribution is 6.40. The molecule has 3 aromatic rings. The van der Waals surface area contributed by atoms with Crippen molar-refractivity contribution in [1.82, 2.24) is 5.32 Å². The number of benzene rings is 3. The molecule has 0 saturated carbocycles. The molecule has 0 aliphatic heterocycles. The van der Waals surface area contributed by atoms with E-state index in [9.17, 15) is 19.2 Å². The molecule has 0 aromatic heterocycles. The highest BCUT2D eigenvalue weighted by atomic mass is 35.5. The van der Waals surface area contributed by atoms with Gasteiger partial charge in [0.05, 0.1) is 22.7 Å². The number of nitrogens with one attached hydrogen (secondary N) is 2. The number of hydrogen-bond acceptors (Lipinski definition) is 6. The maximum absolute atomic E-state index is 13.5. The first-order valence-electron chi connectivity index (χ1n) is 14.1. The number of carbonyl (C=O) groups is 4. The third-order valence-electron chi connectivity index (χ3n) is 6.97. The summed E-state index contributed by atoms with van der Waals surface area (Å²) in [5.74, 6) is -1.90. The van der Waals surface area contributed by atoms with Gasteiger partial charge in [-0.1, -0.05) is 53.5 Å². The van der Waals surface area contributed by atoms with E-state index < -0.39 is 35.4 Å². The molecule has 0 heterocycles. The summed E-state index contributed by atoms with van der Waals surface area (Å²) in [5, 5.41) is 6.06. The first kappa shape index (κ1) is 32.8. The molecule has 1 aliphatic rings. The summed E-state index contributed by atoms with van der Waals surface area (Å²) in [6.07, 6.45) is 3.75. The van der Waals surface area contributed by atoms with Gasteiger partial charge in [-0.05, 0) is 92.6 Å². The number of carbonyl (C=O) groups excluding carboxylic acids is 4. The Morgan fingerprint density at radius 2 is 1.57 bits per heavy atom. The van der Waals surface area contributed by atoms with Crippen LogP contribution in [0.25, 0.3) is 5.57 Å². The monoisotopic (exact) mass is 636 g/mol. The maximum atomic E-state index is 13.5. The van der Waals surface area contributed by atoms with Crippen LogP contribution < -0.4 is 10.6 Å². The molecular formula is C34H34Cl2N2O6. The van der Waals surface area contributed by atoms with Crippen molar-refractivity contribution in [2.75, 3.05) is 12.4 Å². The molecule has 2 amide bonds. The van der Waals surface area contributed by atoms with Crippen LogP contribution in [-0.2, 0) is 31.9 Å². The van der Waals surface area contributed by atoms with Crippen molar-refractivity contribution < 1.29 is 28.7 Å². The van der Waals surface area contributed by atoms with Gasteiger partial charge in [0.1, 0.15) is 11.6 Å². The Balaban J connectivity index is 1.49. The van der Waals surface area contributed by atoms with E-state index in [4.69, 9.17) is 32.7 Å². The van der Waals surface area contributed by atoms with Crippen molar-refractivity contribution in [3.8, 4) is 0 Å². The van der Waals surface area contributed by atoms with Gasteiger partial charge in [0.15, 0.2) is 0 Å². The van der Waals surface area contributed by atoms with Crippen LogP contribution in [0.15, 0.2) is 66.7 Å². The van der Waals surface area contributed by atoms with Crippen LogP contribution in [0.5, 0.6) is 0 Å². The Hall–Kier alpha value is -4.14. The predicted octanol–water partition coefficient (Wildman–Crippen LogP) is 6.82. The quantitative estimate of drug-likeness (QED) is 0.207. The number of methoxy groups -OCH3 is 1. The molecule has 0 saturated heterocycles. The van der Waals surface area contributed by atoms with Gasteiger partial charge in [0.2, 0.25) is 0 Å². The van der Waals surface area contributed by atoms with Gasteiger partial charge in [-0.25, -0.2) is 9.59 Å². The molecule has 44 heavy (non-hydrogen) atoms. The van der Waals surface area contributed by atoms with Crippen molar-refractivity contribution in [3.05, 3.63) is 105 Å². The normalized spacial score (nSPS) is 14.3. The Morgan fingerprint density at radius 3 is 2.20 bits per heavy atom. The number of esters is 2. The minimum Gasteiger partial charge on any atom is -0.467 e. The number of ether oxygens (including phenoxy) is 2. The summed E-state index contributed by atoms with van der Waals surface area (Å²) in [7, 11) is 1.26. The average molecular weight is 638 g/mol. The van der Waals surface area contributed by atoms with Crippen LogP contribution in [0.2, 0.25) is 10.0 Å². The van der Waals surface area contributed by atoms with Crippen LogP contribution >= 0.6 is 23.2 Å². The second-order valence-corrected chi connectivity index (χ2v) is 12.2. The average Bonchev–Trinajstić information content (AvgIpc) is 2.96. The third-order valence-corrected chi connectivity index (χ3v) is 7.60. The molecule has 2 N–H and O–H groups in total. The first-order valence-corrected chi connectivity index (χ1v) is 14.9. The summed E-state index contributed by atoms with van der Waals surface area (Å²) in [4.78, 5) is 51.4. The Kier molecular flexibility index (Phi) is 10.5. The molecule has 230 valence electrons. The molecule has 4 rings (SSSR count). The van der Waals surface area contributed by atoms with Crippen molar-refractivity contribution in [3.63, 3.8) is 0 Å². The van der Waals surface area contributed by atoms with Gasteiger partial charge in [-0.2, -0.15) is 0 Å². The minimum absolute atomic E-state index is 0.155. The van der Waals surface area contributed by atoms with Gasteiger partial charge < -0.3 is 20.1 Å². The SMILES string of the molecule is COC(=O)[C@H](Cc1ccc(NC(=O)c2c(Cl)cccc2Cl)cc1)NC(=O)c1cccc2c1CCC/C2=C\C(=O)OC(C)(C)C. The molecule has 0 unspecified atom stereocenters. The topological polar surface area (TPSA) is 111 Å². The molecule has 10 heteroatoms. The molecule has 1 atom stereocenters. The zero-order chi connectivity index (χ0) is 32.0. The second kappa shape index (κ2) is 14.1. The summed E-state index contributed by atoms with van der Waals surface area (Å²) < 4.78 is 10.4. The molecule has 0 fully saturated rings. The summed E-state index contributed by atoms with van der Waals surface area (Å²) in [6, 6.07) is 16.1. The van der Waals surface area contributed by atoms with Gasteiger partial charge >= 0.3 is 11.9 Å². The van der Waals surface area contributed by atoms with Gasteiger partial charge in [-0.15, -0.1) is 0 Å². The first-order chi connectivity index (χ1) is 20.9. The van der Waals surface area contributed by atoms with Crippen molar-refractivity contribution in [2.45, 2.75) is 58.1 Å². The Morgan fingerprint density at radius 1 is 0.909 bits per heavy atom. The van der Waals surface area contributed by atoms with Gasteiger partial charge in [-0.3, -0.25) is 9.59 Å². The van der Waals surface area contributed by atoms with E-state index in [1.165, 1.54) is 13.2 Å². The summed E-state index contributed by atoms with van der Waals surface area (Å²) >= 11 is 12.3. The molecular weight excluding hydrogens is 603 g/mol. The number of halogens is 2. The smallest absolute Gasteiger partial charge is 0.331 e. The number of fused-ring (bicyclic) bond motifs is 1. The van der Waals surface area contributed by atoms with Crippen LogP contribution in [0.3, 0.4) is 0 Å². The molecule has 3 aromatic carbocycles. The largest absolute Gasteiger partial charge is 0.467 e. The third kappa shape index (κ3) is 8.27. The van der Waals surface area contributed by atoms with E-state index in [2.05, 4.69) is 10.6 Å². The highest BCUT2D eigenvalue weighted by Crippen LogP contribution is 2.33. The Bertz CT molecular complexity index is 1590. The second-order valence-electron chi connectivity index (χ2n) is 11.4. The molecule has 0 radical (unpaired) electrons. The lowest BCUT2D eigenvalue weighted by Gasteiger charge is -2.24. The van der Waals surface area contributed by atoms with E-state index >= 15 is 0 Å². The van der Waals surface area contributed by atoms with Crippen LogP contribution in [0.1, 0.15) is 71.0 Å². The summed E-state index contributed by atoms with van der Waals surface area (Å²) in [6.45, 7) is 5.43. The van der Waals surface area contributed by atoms with Crippen molar-refractivity contribution in [1.29, 1.82) is 0 Å². The van der Waals surface area contributed by atoms with Crippen LogP contribution in [0.4, 0.5) is 5.69 Å². The zero-order valence-electron chi connectivity index (χ0n) is 25.0. The molecule has 8 nitrogen and oxygen atoms in total. The predicted molar refractivity (Wildman–Crippen MR) is 171 cm³/mol. The standard InChI is InChI=1S/C34H34Cl2N2O6/c1-34(2,3)44-29(39)19-21-8-5-10-24-23(21)9-6-11-25(24)31(40)38-28(33(42)43-4)18-20-14-16-22(17-15-20)37-32(41)30-26(35)12-7-13-27(30)36/h6-7,9,11-17,19,28H,5,8,10,18H2,1-4H3,(H,37,41)(H,38,40)/b21-19+/t28-/m0/s1. The minimum atomic E-state index is -0.967. The lowest BCUT2D eigenvalue weighted by atomic mass is 9.84. The van der Waals surface area contributed by atoms with E-state index in [-0.39, 0.29) is 22.0 Å². The van der Waals surface area contributed by atoms with Gasteiger partial charge in [0, 0.05) is 23.7 Å². The fourth-order valence-electron chi connectivity index (χ4n) is 5.02. The fraction of sp³-hybridized carbons (Fsp3) is 0.294. The maximum Gasteiger partial charge on any atom is 0.331 e. The number of allylic oxidation sites excluding steroid dienone is 1.